The molecule has 8 aromatic rings. The first-order valence-electron chi connectivity index (χ1n) is 12.8. The summed E-state index contributed by atoms with van der Waals surface area (Å²) in [7, 11) is 0. The average molecular weight is 484 g/mol. The minimum absolute atomic E-state index is 0.957. The summed E-state index contributed by atoms with van der Waals surface area (Å²) < 4.78 is 0. The maximum atomic E-state index is 5.23. The third kappa shape index (κ3) is 3.06. The molecule has 0 aliphatic heterocycles. The summed E-state index contributed by atoms with van der Waals surface area (Å²) in [5, 5.41) is 9.34. The fourth-order valence-electron chi connectivity index (χ4n) is 5.83. The molecular formula is C35H21N3. The molecule has 0 saturated heterocycles. The van der Waals surface area contributed by atoms with Gasteiger partial charge in [0.05, 0.1) is 22.4 Å². The quantitative estimate of drug-likeness (QED) is 0.230. The Bertz CT molecular complexity index is 2180. The summed E-state index contributed by atoms with van der Waals surface area (Å²) in [6.07, 6.45) is 3.83. The van der Waals surface area contributed by atoms with Gasteiger partial charge < -0.3 is 0 Å². The third-order valence-corrected chi connectivity index (χ3v) is 7.54. The molecule has 0 saturated carbocycles. The van der Waals surface area contributed by atoms with Crippen molar-refractivity contribution < 1.29 is 0 Å². The number of para-hydroxylation sites is 1. The Morgan fingerprint density at radius 1 is 0.395 bits per heavy atom. The van der Waals surface area contributed by atoms with Crippen LogP contribution in [-0.2, 0) is 0 Å². The van der Waals surface area contributed by atoms with Crippen LogP contribution in [0.1, 0.15) is 0 Å². The number of pyridine rings is 3. The second-order valence-electron chi connectivity index (χ2n) is 9.63. The van der Waals surface area contributed by atoms with Crippen LogP contribution in [0.15, 0.2) is 128 Å². The zero-order valence-corrected chi connectivity index (χ0v) is 20.5. The zero-order valence-electron chi connectivity index (χ0n) is 20.5. The number of aromatic nitrogens is 3. The van der Waals surface area contributed by atoms with Gasteiger partial charge in [0.15, 0.2) is 0 Å². The third-order valence-electron chi connectivity index (χ3n) is 7.54. The van der Waals surface area contributed by atoms with E-state index in [9.17, 15) is 0 Å². The second-order valence-corrected chi connectivity index (χ2v) is 9.63. The van der Waals surface area contributed by atoms with Gasteiger partial charge in [-0.3, -0.25) is 9.97 Å². The predicted molar refractivity (Wildman–Crippen MR) is 158 cm³/mol. The van der Waals surface area contributed by atoms with Crippen molar-refractivity contribution in [3.63, 3.8) is 0 Å². The molecule has 0 aliphatic rings. The van der Waals surface area contributed by atoms with E-state index in [1.165, 1.54) is 21.5 Å². The molecule has 0 atom stereocenters. The number of hydrogen-bond acceptors (Lipinski definition) is 3. The Labute approximate surface area is 219 Å². The Balaban J connectivity index is 1.48. The van der Waals surface area contributed by atoms with Gasteiger partial charge in [0.2, 0.25) is 0 Å². The maximum Gasteiger partial charge on any atom is 0.0810 e. The van der Waals surface area contributed by atoms with Crippen molar-refractivity contribution in [1.29, 1.82) is 0 Å². The van der Waals surface area contributed by atoms with E-state index in [0.717, 1.165) is 55.1 Å². The summed E-state index contributed by atoms with van der Waals surface area (Å²) in [6, 6.07) is 40.3. The fourth-order valence-corrected chi connectivity index (χ4v) is 5.83. The molecule has 0 bridgehead atoms. The van der Waals surface area contributed by atoms with Gasteiger partial charge in [-0.15, -0.1) is 0 Å². The van der Waals surface area contributed by atoms with Crippen LogP contribution in [0.25, 0.3) is 76.6 Å². The molecule has 8 rings (SSSR count). The van der Waals surface area contributed by atoms with Crippen LogP contribution < -0.4 is 0 Å². The lowest BCUT2D eigenvalue weighted by atomic mass is 9.93. The summed E-state index contributed by atoms with van der Waals surface area (Å²) >= 11 is 0. The molecule has 5 aromatic carbocycles. The molecule has 3 aromatic heterocycles. The molecule has 176 valence electrons. The van der Waals surface area contributed by atoms with Crippen LogP contribution in [0.5, 0.6) is 0 Å². The Morgan fingerprint density at radius 3 is 2.05 bits per heavy atom. The van der Waals surface area contributed by atoms with Gasteiger partial charge in [-0.2, -0.15) is 0 Å². The summed E-state index contributed by atoms with van der Waals surface area (Å²) in [5.41, 5.74) is 5.99. The van der Waals surface area contributed by atoms with E-state index in [0.29, 0.717) is 0 Å². The molecule has 0 radical (unpaired) electrons. The molecular weight excluding hydrogens is 462 g/mol. The highest BCUT2D eigenvalue weighted by atomic mass is 14.7. The van der Waals surface area contributed by atoms with Crippen molar-refractivity contribution in [3.05, 3.63) is 128 Å². The average Bonchev–Trinajstić information content (AvgIpc) is 2.99. The maximum absolute atomic E-state index is 5.23. The molecule has 38 heavy (non-hydrogen) atoms. The van der Waals surface area contributed by atoms with Crippen LogP contribution in [0.2, 0.25) is 0 Å². The Hall–Kier alpha value is -5.15. The molecule has 3 heterocycles. The van der Waals surface area contributed by atoms with E-state index in [1.54, 1.807) is 0 Å². The monoisotopic (exact) mass is 483 g/mol. The smallest absolute Gasteiger partial charge is 0.0810 e. The number of rotatable bonds is 2. The van der Waals surface area contributed by atoms with Crippen LogP contribution in [0.4, 0.5) is 0 Å². The number of benzene rings is 5. The standard InChI is InChI=1S/C35H21N3/c1-2-10-23-22(9-1)18-19-29-33(23)28-13-5-6-16-32(28)38-35(29)30-21-37-34(26-12-4-3-11-24(26)30)27-14-7-17-31-25(27)15-8-20-36-31/h1-21H. The molecule has 0 unspecified atom stereocenters. The fraction of sp³-hybridized carbons (Fsp3) is 0. The highest BCUT2D eigenvalue weighted by Gasteiger charge is 2.18. The van der Waals surface area contributed by atoms with E-state index >= 15 is 0 Å². The van der Waals surface area contributed by atoms with E-state index in [2.05, 4.69) is 108 Å². The molecule has 3 nitrogen and oxygen atoms in total. The topological polar surface area (TPSA) is 38.7 Å². The molecule has 0 fully saturated rings. The SMILES string of the molecule is c1ccc2c(c1)ccc1c(-c3cnc(-c4cccc5ncccc45)c4ccccc34)nc3ccccc3c12. The van der Waals surface area contributed by atoms with E-state index in [-0.39, 0.29) is 0 Å². The largest absolute Gasteiger partial charge is 0.256 e. The lowest BCUT2D eigenvalue weighted by molar-refractivity contribution is 1.34. The molecule has 3 heteroatoms. The number of hydrogen-bond donors (Lipinski definition) is 0. The van der Waals surface area contributed by atoms with Crippen molar-refractivity contribution in [2.45, 2.75) is 0 Å². The van der Waals surface area contributed by atoms with Gasteiger partial charge in [-0.05, 0) is 34.4 Å². The van der Waals surface area contributed by atoms with Gasteiger partial charge in [-0.25, -0.2) is 4.98 Å². The molecule has 0 aliphatic carbocycles. The molecule has 0 amide bonds. The van der Waals surface area contributed by atoms with Crippen molar-refractivity contribution in [2.75, 3.05) is 0 Å². The Morgan fingerprint density at radius 2 is 1.13 bits per heavy atom. The summed E-state index contributed by atoms with van der Waals surface area (Å²) in [5.74, 6) is 0. The van der Waals surface area contributed by atoms with Crippen molar-refractivity contribution in [2.24, 2.45) is 0 Å². The van der Waals surface area contributed by atoms with Crippen LogP contribution >= 0.6 is 0 Å². The van der Waals surface area contributed by atoms with Crippen molar-refractivity contribution >= 4 is 54.1 Å². The first-order chi connectivity index (χ1) is 18.9. The van der Waals surface area contributed by atoms with Gasteiger partial charge in [0.25, 0.3) is 0 Å². The highest BCUT2D eigenvalue weighted by molar-refractivity contribution is 6.23. The van der Waals surface area contributed by atoms with Gasteiger partial charge in [-0.1, -0.05) is 97.1 Å². The molecule has 0 N–H and O–H groups in total. The van der Waals surface area contributed by atoms with Crippen molar-refractivity contribution in [1.82, 2.24) is 15.0 Å². The van der Waals surface area contributed by atoms with Crippen LogP contribution in [0, 0.1) is 0 Å². The van der Waals surface area contributed by atoms with Gasteiger partial charge in [0.1, 0.15) is 0 Å². The van der Waals surface area contributed by atoms with E-state index in [4.69, 9.17) is 9.97 Å². The first-order valence-corrected chi connectivity index (χ1v) is 12.8. The lowest BCUT2D eigenvalue weighted by Crippen LogP contribution is -1.95. The highest BCUT2D eigenvalue weighted by Crippen LogP contribution is 2.41. The number of nitrogens with zero attached hydrogens (tertiary/aromatic N) is 3. The van der Waals surface area contributed by atoms with E-state index in [1.807, 2.05) is 24.5 Å². The lowest BCUT2D eigenvalue weighted by Gasteiger charge is -2.15. The minimum Gasteiger partial charge on any atom is -0.256 e. The van der Waals surface area contributed by atoms with Crippen LogP contribution in [-0.4, -0.2) is 15.0 Å². The summed E-state index contributed by atoms with van der Waals surface area (Å²) in [6.45, 7) is 0. The summed E-state index contributed by atoms with van der Waals surface area (Å²) in [4.78, 5) is 14.9. The minimum atomic E-state index is 0.957. The molecule has 0 spiro atoms. The van der Waals surface area contributed by atoms with Gasteiger partial charge >= 0.3 is 0 Å². The van der Waals surface area contributed by atoms with E-state index < -0.39 is 0 Å². The second kappa shape index (κ2) is 8.19. The van der Waals surface area contributed by atoms with Crippen molar-refractivity contribution in [3.8, 4) is 22.5 Å². The predicted octanol–water partition coefficient (Wildman–Crippen LogP) is 8.97. The zero-order chi connectivity index (χ0) is 25.1. The van der Waals surface area contributed by atoms with Gasteiger partial charge in [0, 0.05) is 50.5 Å². The number of fused-ring (bicyclic) bond motifs is 7. The first kappa shape index (κ1) is 21.0. The Kier molecular flexibility index (Phi) is 4.52. The van der Waals surface area contributed by atoms with Crippen LogP contribution in [0.3, 0.4) is 0 Å². The normalized spacial score (nSPS) is 11.7.